The van der Waals surface area contributed by atoms with Crippen LogP contribution in [0.3, 0.4) is 0 Å². The molecule has 8 heteroatoms. The molecule has 1 unspecified atom stereocenters. The Morgan fingerprint density at radius 3 is 2.59 bits per heavy atom. The molecule has 140 valence electrons. The Hall–Kier alpha value is -3.42. The highest BCUT2D eigenvalue weighted by Crippen LogP contribution is 2.22. The Kier molecular flexibility index (Phi) is 5.07. The minimum atomic E-state index is -0.471. The third kappa shape index (κ3) is 3.89. The molecule has 2 aromatic heterocycles. The van der Waals surface area contributed by atoms with Crippen LogP contribution in [-0.4, -0.2) is 25.2 Å². The molecule has 0 aliphatic heterocycles. The molecule has 1 aromatic carbocycles. The second-order valence-corrected chi connectivity index (χ2v) is 6.41. The first kappa shape index (κ1) is 18.4. The molecule has 0 spiro atoms. The van der Waals surface area contributed by atoms with Gasteiger partial charge in [0.2, 0.25) is 5.91 Å². The van der Waals surface area contributed by atoms with Crippen molar-refractivity contribution in [1.29, 1.82) is 0 Å². The zero-order valence-electron chi connectivity index (χ0n) is 15.4. The number of hydrogen-bond donors (Lipinski definition) is 1. The van der Waals surface area contributed by atoms with Crippen molar-refractivity contribution in [2.45, 2.75) is 33.4 Å². The average Bonchev–Trinajstić information content (AvgIpc) is 3.23. The molecule has 1 N–H and O–H groups in total. The summed E-state index contributed by atoms with van der Waals surface area (Å²) in [5.74, 6) is -0.255. The number of aryl methyl sites for hydroxylation is 1. The number of aromatic nitrogens is 3. The van der Waals surface area contributed by atoms with Gasteiger partial charge in [-0.05, 0) is 50.6 Å². The first-order valence-electron chi connectivity index (χ1n) is 8.58. The number of carbonyl (C=O) groups is 1. The number of nitrogens with zero attached hydrogens (tertiary/aromatic N) is 4. The predicted octanol–water partition coefficient (Wildman–Crippen LogP) is 3.08. The van der Waals surface area contributed by atoms with E-state index in [1.807, 2.05) is 60.3 Å². The van der Waals surface area contributed by atoms with Crippen molar-refractivity contribution < 1.29 is 9.72 Å². The SMILES string of the molecule is Cc1nn(CC(=O)NC(C)c2cccc(-n3cccc3)c2)c(C)c1[N+](=O)[O-]. The van der Waals surface area contributed by atoms with Gasteiger partial charge < -0.3 is 9.88 Å². The molecule has 0 bridgehead atoms. The molecular formula is C19H21N5O3. The molecule has 2 heterocycles. The maximum Gasteiger partial charge on any atom is 0.312 e. The molecule has 0 saturated carbocycles. The quantitative estimate of drug-likeness (QED) is 0.535. The predicted molar refractivity (Wildman–Crippen MR) is 101 cm³/mol. The lowest BCUT2D eigenvalue weighted by molar-refractivity contribution is -0.386. The van der Waals surface area contributed by atoms with E-state index in [9.17, 15) is 14.9 Å². The molecule has 27 heavy (non-hydrogen) atoms. The molecule has 1 amide bonds. The number of carbonyl (C=O) groups excluding carboxylic acids is 1. The summed E-state index contributed by atoms with van der Waals surface area (Å²) in [5.41, 5.74) is 2.60. The summed E-state index contributed by atoms with van der Waals surface area (Å²) in [6.45, 7) is 4.99. The van der Waals surface area contributed by atoms with E-state index in [2.05, 4.69) is 10.4 Å². The van der Waals surface area contributed by atoms with Crippen LogP contribution in [0.1, 0.15) is 29.9 Å². The smallest absolute Gasteiger partial charge is 0.312 e. The van der Waals surface area contributed by atoms with Crippen LogP contribution >= 0.6 is 0 Å². The van der Waals surface area contributed by atoms with Gasteiger partial charge in [-0.1, -0.05) is 12.1 Å². The standard InChI is InChI=1S/C19H21N5O3/c1-13(16-7-6-8-17(11-16)22-9-4-5-10-22)20-18(25)12-23-15(3)19(24(26)27)14(2)21-23/h4-11,13H,12H2,1-3H3,(H,20,25). The van der Waals surface area contributed by atoms with E-state index in [4.69, 9.17) is 0 Å². The molecule has 0 fully saturated rings. The fraction of sp³-hybridized carbons (Fsp3) is 0.263. The molecular weight excluding hydrogens is 346 g/mol. The summed E-state index contributed by atoms with van der Waals surface area (Å²) in [6.07, 6.45) is 3.91. The molecule has 0 saturated heterocycles. The number of benzene rings is 1. The number of amides is 1. The fourth-order valence-corrected chi connectivity index (χ4v) is 3.07. The monoisotopic (exact) mass is 367 g/mol. The van der Waals surface area contributed by atoms with Crippen LogP contribution in [0.2, 0.25) is 0 Å². The van der Waals surface area contributed by atoms with Crippen molar-refractivity contribution in [3.63, 3.8) is 0 Å². The van der Waals surface area contributed by atoms with Crippen molar-refractivity contribution in [3.05, 3.63) is 75.9 Å². The van der Waals surface area contributed by atoms with E-state index in [-0.39, 0.29) is 24.2 Å². The van der Waals surface area contributed by atoms with Crippen LogP contribution in [-0.2, 0) is 11.3 Å². The summed E-state index contributed by atoms with van der Waals surface area (Å²) in [5, 5.41) is 18.1. The Morgan fingerprint density at radius 2 is 1.96 bits per heavy atom. The van der Waals surface area contributed by atoms with Gasteiger partial charge in [-0.25, -0.2) is 0 Å². The molecule has 8 nitrogen and oxygen atoms in total. The second-order valence-electron chi connectivity index (χ2n) is 6.41. The van der Waals surface area contributed by atoms with Crippen molar-refractivity contribution in [2.75, 3.05) is 0 Å². The van der Waals surface area contributed by atoms with Crippen LogP contribution in [0.4, 0.5) is 5.69 Å². The molecule has 3 aromatic rings. The van der Waals surface area contributed by atoms with Gasteiger partial charge in [0.25, 0.3) is 0 Å². The Bertz CT molecular complexity index is 975. The first-order valence-corrected chi connectivity index (χ1v) is 8.58. The van der Waals surface area contributed by atoms with Gasteiger partial charge in [-0.3, -0.25) is 19.6 Å². The van der Waals surface area contributed by atoms with Gasteiger partial charge in [0.05, 0.1) is 11.0 Å². The third-order valence-electron chi connectivity index (χ3n) is 4.47. The van der Waals surface area contributed by atoms with Crippen LogP contribution in [0.25, 0.3) is 5.69 Å². The largest absolute Gasteiger partial charge is 0.348 e. The van der Waals surface area contributed by atoms with E-state index in [1.165, 1.54) is 4.68 Å². The number of hydrogen-bond acceptors (Lipinski definition) is 4. The lowest BCUT2D eigenvalue weighted by Crippen LogP contribution is -2.30. The molecule has 0 radical (unpaired) electrons. The van der Waals surface area contributed by atoms with Gasteiger partial charge in [0.1, 0.15) is 17.9 Å². The highest BCUT2D eigenvalue weighted by atomic mass is 16.6. The number of nitro groups is 1. The van der Waals surface area contributed by atoms with E-state index in [0.29, 0.717) is 11.4 Å². The third-order valence-corrected chi connectivity index (χ3v) is 4.47. The minimum absolute atomic E-state index is 0.0460. The first-order chi connectivity index (χ1) is 12.9. The van der Waals surface area contributed by atoms with Crippen LogP contribution in [0, 0.1) is 24.0 Å². The summed E-state index contributed by atoms with van der Waals surface area (Å²) in [6, 6.07) is 11.6. The van der Waals surface area contributed by atoms with E-state index < -0.39 is 4.92 Å². The maximum atomic E-state index is 12.4. The normalized spacial score (nSPS) is 12.0. The van der Waals surface area contributed by atoms with Crippen LogP contribution < -0.4 is 5.32 Å². The van der Waals surface area contributed by atoms with E-state index >= 15 is 0 Å². The Balaban J connectivity index is 1.71. The zero-order chi connectivity index (χ0) is 19.6. The number of rotatable bonds is 6. The van der Waals surface area contributed by atoms with Crippen molar-refractivity contribution in [1.82, 2.24) is 19.7 Å². The molecule has 1 atom stereocenters. The average molecular weight is 367 g/mol. The molecule has 0 aliphatic carbocycles. The Morgan fingerprint density at radius 1 is 1.26 bits per heavy atom. The Labute approximate surface area is 156 Å². The van der Waals surface area contributed by atoms with Crippen molar-refractivity contribution in [2.24, 2.45) is 0 Å². The molecule has 3 rings (SSSR count). The topological polar surface area (TPSA) is 95.0 Å². The number of nitrogens with one attached hydrogen (secondary N) is 1. The zero-order valence-corrected chi connectivity index (χ0v) is 15.4. The lowest BCUT2D eigenvalue weighted by atomic mass is 10.1. The van der Waals surface area contributed by atoms with Crippen molar-refractivity contribution >= 4 is 11.6 Å². The second kappa shape index (κ2) is 7.45. The molecule has 0 aliphatic rings. The highest BCUT2D eigenvalue weighted by molar-refractivity contribution is 5.76. The fourth-order valence-electron chi connectivity index (χ4n) is 3.07. The lowest BCUT2D eigenvalue weighted by Gasteiger charge is -2.16. The summed E-state index contributed by atoms with van der Waals surface area (Å²) in [4.78, 5) is 23.0. The summed E-state index contributed by atoms with van der Waals surface area (Å²) >= 11 is 0. The van der Waals surface area contributed by atoms with Crippen molar-refractivity contribution in [3.8, 4) is 5.69 Å². The van der Waals surface area contributed by atoms with E-state index in [1.54, 1.807) is 13.8 Å². The summed E-state index contributed by atoms with van der Waals surface area (Å²) in [7, 11) is 0. The van der Waals surface area contributed by atoms with Gasteiger partial charge in [-0.2, -0.15) is 5.10 Å². The van der Waals surface area contributed by atoms with Gasteiger partial charge in [0, 0.05) is 18.1 Å². The van der Waals surface area contributed by atoms with Gasteiger partial charge in [0.15, 0.2) is 0 Å². The highest BCUT2D eigenvalue weighted by Gasteiger charge is 2.23. The summed E-state index contributed by atoms with van der Waals surface area (Å²) < 4.78 is 3.36. The van der Waals surface area contributed by atoms with E-state index in [0.717, 1.165) is 11.3 Å². The van der Waals surface area contributed by atoms with Gasteiger partial charge in [-0.15, -0.1) is 0 Å². The van der Waals surface area contributed by atoms with Gasteiger partial charge >= 0.3 is 5.69 Å². The van der Waals surface area contributed by atoms with Crippen LogP contribution in [0.5, 0.6) is 0 Å². The van der Waals surface area contributed by atoms with Crippen LogP contribution in [0.15, 0.2) is 48.8 Å². The minimum Gasteiger partial charge on any atom is -0.348 e. The maximum absolute atomic E-state index is 12.4.